The first-order valence-corrected chi connectivity index (χ1v) is 4.18. The van der Waals surface area contributed by atoms with Gasteiger partial charge in [-0.05, 0) is 0 Å². The van der Waals surface area contributed by atoms with Crippen molar-refractivity contribution in [1.82, 2.24) is 4.98 Å². The molecule has 0 saturated heterocycles. The lowest BCUT2D eigenvalue weighted by molar-refractivity contribution is -0.386. The summed E-state index contributed by atoms with van der Waals surface area (Å²) < 4.78 is 37.6. The lowest BCUT2D eigenvalue weighted by atomic mass is 10.2. The molecular formula is C7H4ClF3N2O2. The second-order valence-corrected chi connectivity index (χ2v) is 2.78. The first kappa shape index (κ1) is 11.7. The van der Waals surface area contributed by atoms with Crippen LogP contribution >= 0.6 is 11.6 Å². The summed E-state index contributed by atoms with van der Waals surface area (Å²) in [6.07, 6.45) is -3.12. The molecule has 0 aromatic carbocycles. The molecule has 0 aliphatic rings. The first-order chi connectivity index (χ1) is 6.97. The number of halogens is 4. The van der Waals surface area contributed by atoms with Crippen LogP contribution in [0.15, 0.2) is 6.07 Å². The minimum Gasteiger partial charge on any atom is -0.258 e. The van der Waals surface area contributed by atoms with Crippen molar-refractivity contribution >= 4 is 17.3 Å². The number of hydrogen-bond acceptors (Lipinski definition) is 3. The van der Waals surface area contributed by atoms with Crippen LogP contribution in [0.5, 0.6) is 0 Å². The third kappa shape index (κ3) is 2.35. The third-order valence-electron chi connectivity index (χ3n) is 1.63. The van der Waals surface area contributed by atoms with Crippen LogP contribution in [-0.4, -0.2) is 9.91 Å². The zero-order valence-electron chi connectivity index (χ0n) is 7.08. The van der Waals surface area contributed by atoms with Crippen LogP contribution < -0.4 is 0 Å². The highest BCUT2D eigenvalue weighted by Crippen LogP contribution is 2.32. The molecule has 0 radical (unpaired) electrons. The van der Waals surface area contributed by atoms with Crippen molar-refractivity contribution in [1.29, 1.82) is 0 Å². The fraction of sp³-hybridized carbons (Fsp3) is 0.286. The van der Waals surface area contributed by atoms with Gasteiger partial charge in [-0.2, -0.15) is 4.39 Å². The summed E-state index contributed by atoms with van der Waals surface area (Å²) in [4.78, 5) is 12.4. The van der Waals surface area contributed by atoms with Gasteiger partial charge in [0.05, 0.1) is 22.6 Å². The van der Waals surface area contributed by atoms with Crippen molar-refractivity contribution in [2.45, 2.75) is 12.3 Å². The molecule has 15 heavy (non-hydrogen) atoms. The molecule has 0 spiro atoms. The molecule has 0 unspecified atom stereocenters. The van der Waals surface area contributed by atoms with Gasteiger partial charge in [0, 0.05) is 0 Å². The van der Waals surface area contributed by atoms with Gasteiger partial charge in [-0.25, -0.2) is 13.8 Å². The highest BCUT2D eigenvalue weighted by molar-refractivity contribution is 6.17. The van der Waals surface area contributed by atoms with Crippen molar-refractivity contribution in [3.63, 3.8) is 0 Å². The van der Waals surface area contributed by atoms with E-state index in [-0.39, 0.29) is 0 Å². The van der Waals surface area contributed by atoms with E-state index in [1.54, 1.807) is 0 Å². The van der Waals surface area contributed by atoms with E-state index in [1.165, 1.54) is 0 Å². The van der Waals surface area contributed by atoms with Gasteiger partial charge < -0.3 is 0 Å². The van der Waals surface area contributed by atoms with Crippen LogP contribution in [0.3, 0.4) is 0 Å². The third-order valence-corrected chi connectivity index (χ3v) is 1.88. The van der Waals surface area contributed by atoms with E-state index in [9.17, 15) is 23.3 Å². The van der Waals surface area contributed by atoms with E-state index < -0.39 is 40.1 Å². The zero-order chi connectivity index (χ0) is 11.6. The number of nitro groups is 1. The van der Waals surface area contributed by atoms with E-state index in [0.29, 0.717) is 6.07 Å². The molecule has 82 valence electrons. The topological polar surface area (TPSA) is 56.0 Å². The SMILES string of the molecule is O=[N+]([O-])c1cc(F)nc(CCl)c1C(F)F. The van der Waals surface area contributed by atoms with Gasteiger partial charge in [0.25, 0.3) is 12.1 Å². The maximum Gasteiger partial charge on any atom is 0.284 e. The van der Waals surface area contributed by atoms with E-state index in [2.05, 4.69) is 4.98 Å². The predicted octanol–water partition coefficient (Wildman–Crippen LogP) is 2.81. The summed E-state index contributed by atoms with van der Waals surface area (Å²) in [5.41, 5.74) is -2.46. The summed E-state index contributed by atoms with van der Waals surface area (Å²) in [6, 6.07) is 0.345. The second kappa shape index (κ2) is 4.43. The Balaban J connectivity index is 3.47. The number of pyridine rings is 1. The van der Waals surface area contributed by atoms with Gasteiger partial charge in [-0.3, -0.25) is 10.1 Å². The van der Waals surface area contributed by atoms with Crippen LogP contribution in [0.1, 0.15) is 17.7 Å². The van der Waals surface area contributed by atoms with Crippen LogP contribution in [0.2, 0.25) is 0 Å². The summed E-state index contributed by atoms with van der Waals surface area (Å²) >= 11 is 5.24. The summed E-state index contributed by atoms with van der Waals surface area (Å²) in [7, 11) is 0. The standard InChI is InChI=1S/C7H4ClF3N2O2/c8-2-3-6(7(10)11)4(13(14)15)1-5(9)12-3/h1,7H,2H2. The Bertz CT molecular complexity index is 400. The Morgan fingerprint density at radius 2 is 2.20 bits per heavy atom. The van der Waals surface area contributed by atoms with E-state index >= 15 is 0 Å². The van der Waals surface area contributed by atoms with E-state index in [0.717, 1.165) is 0 Å². The normalized spacial score (nSPS) is 10.7. The summed E-state index contributed by atoms with van der Waals surface area (Å²) in [5, 5.41) is 10.4. The average Bonchev–Trinajstić information content (AvgIpc) is 2.15. The molecule has 0 N–H and O–H groups in total. The van der Waals surface area contributed by atoms with E-state index in [4.69, 9.17) is 11.6 Å². The van der Waals surface area contributed by atoms with Crippen LogP contribution in [0.4, 0.5) is 18.9 Å². The molecule has 1 rings (SSSR count). The average molecular weight is 241 g/mol. The monoisotopic (exact) mass is 240 g/mol. The Labute approximate surface area is 86.8 Å². The smallest absolute Gasteiger partial charge is 0.258 e. The minimum absolute atomic E-state index is 0.345. The molecule has 0 atom stereocenters. The van der Waals surface area contributed by atoms with Crippen LogP contribution in [-0.2, 0) is 5.88 Å². The molecule has 8 heteroatoms. The van der Waals surface area contributed by atoms with Crippen molar-refractivity contribution < 1.29 is 18.1 Å². The molecule has 0 aliphatic heterocycles. The number of aromatic nitrogens is 1. The van der Waals surface area contributed by atoms with E-state index in [1.807, 2.05) is 0 Å². The number of rotatable bonds is 3. The molecule has 0 aliphatic carbocycles. The van der Waals surface area contributed by atoms with Gasteiger partial charge in [-0.1, -0.05) is 0 Å². The fourth-order valence-corrected chi connectivity index (χ4v) is 1.25. The van der Waals surface area contributed by atoms with Gasteiger partial charge >= 0.3 is 0 Å². The maximum atomic E-state index is 12.7. The Morgan fingerprint density at radius 1 is 1.60 bits per heavy atom. The summed E-state index contributed by atoms with van der Waals surface area (Å²) in [5.74, 6) is -1.72. The first-order valence-electron chi connectivity index (χ1n) is 3.65. The lowest BCUT2D eigenvalue weighted by Crippen LogP contribution is -2.04. The molecule has 1 aromatic rings. The van der Waals surface area contributed by atoms with Crippen molar-refractivity contribution in [2.24, 2.45) is 0 Å². The van der Waals surface area contributed by atoms with Gasteiger partial charge in [0.1, 0.15) is 5.56 Å². The maximum absolute atomic E-state index is 12.7. The van der Waals surface area contributed by atoms with Crippen molar-refractivity contribution in [3.05, 3.63) is 33.4 Å². The van der Waals surface area contributed by atoms with Crippen molar-refractivity contribution in [3.8, 4) is 0 Å². The molecule has 1 aromatic heterocycles. The number of hydrogen-bond donors (Lipinski definition) is 0. The van der Waals surface area contributed by atoms with Gasteiger partial charge in [0.15, 0.2) is 0 Å². The van der Waals surface area contributed by atoms with Gasteiger partial charge in [0.2, 0.25) is 5.95 Å². The second-order valence-electron chi connectivity index (χ2n) is 2.52. The number of alkyl halides is 3. The highest BCUT2D eigenvalue weighted by Gasteiger charge is 2.27. The molecule has 0 amide bonds. The largest absolute Gasteiger partial charge is 0.284 e. The highest BCUT2D eigenvalue weighted by atomic mass is 35.5. The quantitative estimate of drug-likeness (QED) is 0.353. The Morgan fingerprint density at radius 3 is 2.60 bits per heavy atom. The zero-order valence-corrected chi connectivity index (χ0v) is 7.84. The predicted molar refractivity (Wildman–Crippen MR) is 45.4 cm³/mol. The Kier molecular flexibility index (Phi) is 3.46. The lowest BCUT2D eigenvalue weighted by Gasteiger charge is -2.05. The molecule has 0 bridgehead atoms. The number of nitrogens with zero attached hydrogens (tertiary/aromatic N) is 2. The fourth-order valence-electron chi connectivity index (χ4n) is 1.05. The van der Waals surface area contributed by atoms with Crippen LogP contribution in [0, 0.1) is 16.1 Å². The molecule has 4 nitrogen and oxygen atoms in total. The Hall–Kier alpha value is -1.37. The molecule has 0 saturated carbocycles. The van der Waals surface area contributed by atoms with Gasteiger partial charge in [-0.15, -0.1) is 11.6 Å². The molecule has 1 heterocycles. The van der Waals surface area contributed by atoms with Crippen molar-refractivity contribution in [2.75, 3.05) is 0 Å². The van der Waals surface area contributed by atoms with Crippen LogP contribution in [0.25, 0.3) is 0 Å². The summed E-state index contributed by atoms with van der Waals surface area (Å²) in [6.45, 7) is 0. The molecule has 0 fully saturated rings. The molecular weight excluding hydrogens is 237 g/mol. The minimum atomic E-state index is -3.12.